The SMILES string of the molecule is CC(=O)Nc1cccc(C(=O)Nc2sc3c(c2C(N)=O)CCCC3)c1. The zero-order valence-corrected chi connectivity index (χ0v) is 14.7. The van der Waals surface area contributed by atoms with E-state index in [-0.39, 0.29) is 11.8 Å². The number of hydrogen-bond acceptors (Lipinski definition) is 4. The first-order valence-electron chi connectivity index (χ1n) is 8.09. The lowest BCUT2D eigenvalue weighted by molar-refractivity contribution is -0.114. The summed E-state index contributed by atoms with van der Waals surface area (Å²) in [5.41, 5.74) is 7.90. The molecule has 0 fully saturated rings. The Kier molecular flexibility index (Phi) is 4.85. The number of fused-ring (bicyclic) bond motifs is 1. The molecule has 0 saturated heterocycles. The van der Waals surface area contributed by atoms with E-state index in [0.717, 1.165) is 36.1 Å². The number of nitrogens with one attached hydrogen (secondary N) is 2. The molecule has 0 atom stereocenters. The summed E-state index contributed by atoms with van der Waals surface area (Å²) in [6.07, 6.45) is 3.83. The number of amides is 3. The molecule has 1 aromatic heterocycles. The topological polar surface area (TPSA) is 101 Å². The minimum atomic E-state index is -0.512. The first kappa shape index (κ1) is 17.2. The third-order valence-corrected chi connectivity index (χ3v) is 5.30. The summed E-state index contributed by atoms with van der Waals surface area (Å²) >= 11 is 1.43. The van der Waals surface area contributed by atoms with Crippen molar-refractivity contribution in [3.63, 3.8) is 0 Å². The fourth-order valence-electron chi connectivity index (χ4n) is 3.03. The van der Waals surface area contributed by atoms with Crippen LogP contribution in [0, 0.1) is 0 Å². The lowest BCUT2D eigenvalue weighted by atomic mass is 9.95. The molecule has 0 aliphatic heterocycles. The second-order valence-corrected chi connectivity index (χ2v) is 7.10. The summed E-state index contributed by atoms with van der Waals surface area (Å²) in [6, 6.07) is 6.64. The highest BCUT2D eigenvalue weighted by atomic mass is 32.1. The van der Waals surface area contributed by atoms with Crippen LogP contribution >= 0.6 is 11.3 Å². The Morgan fingerprint density at radius 3 is 2.60 bits per heavy atom. The van der Waals surface area contributed by atoms with Crippen LogP contribution in [0.15, 0.2) is 24.3 Å². The first-order valence-corrected chi connectivity index (χ1v) is 8.90. The van der Waals surface area contributed by atoms with Crippen LogP contribution in [-0.4, -0.2) is 17.7 Å². The molecule has 2 aromatic rings. The Bertz CT molecular complexity index is 857. The van der Waals surface area contributed by atoms with Gasteiger partial charge in [-0.25, -0.2) is 0 Å². The van der Waals surface area contributed by atoms with E-state index in [9.17, 15) is 14.4 Å². The van der Waals surface area contributed by atoms with Gasteiger partial charge in [0.1, 0.15) is 5.00 Å². The third-order valence-electron chi connectivity index (χ3n) is 4.09. The van der Waals surface area contributed by atoms with Gasteiger partial charge in [-0.1, -0.05) is 6.07 Å². The van der Waals surface area contributed by atoms with E-state index >= 15 is 0 Å². The van der Waals surface area contributed by atoms with E-state index in [4.69, 9.17) is 5.73 Å². The average molecular weight is 357 g/mol. The maximum absolute atomic E-state index is 12.6. The second kappa shape index (κ2) is 7.06. The number of carbonyl (C=O) groups excluding carboxylic acids is 3. The van der Waals surface area contributed by atoms with Gasteiger partial charge in [-0.05, 0) is 49.4 Å². The lowest BCUT2D eigenvalue weighted by Crippen LogP contribution is -2.18. The van der Waals surface area contributed by atoms with Crippen molar-refractivity contribution in [3.05, 3.63) is 45.8 Å². The van der Waals surface area contributed by atoms with Crippen molar-refractivity contribution < 1.29 is 14.4 Å². The van der Waals surface area contributed by atoms with Crippen LogP contribution in [-0.2, 0) is 17.6 Å². The molecule has 0 spiro atoms. The summed E-state index contributed by atoms with van der Waals surface area (Å²) in [5, 5.41) is 5.96. The van der Waals surface area contributed by atoms with Crippen molar-refractivity contribution in [1.29, 1.82) is 0 Å². The quantitative estimate of drug-likeness (QED) is 0.784. The second-order valence-electron chi connectivity index (χ2n) is 6.00. The van der Waals surface area contributed by atoms with Crippen LogP contribution in [0.3, 0.4) is 0 Å². The number of benzene rings is 1. The molecule has 1 heterocycles. The molecule has 3 amide bonds. The first-order chi connectivity index (χ1) is 12.0. The number of hydrogen-bond donors (Lipinski definition) is 3. The van der Waals surface area contributed by atoms with E-state index in [1.165, 1.54) is 18.3 Å². The molecule has 0 saturated carbocycles. The number of carbonyl (C=O) groups is 3. The minimum absolute atomic E-state index is 0.209. The zero-order chi connectivity index (χ0) is 18.0. The fraction of sp³-hybridized carbons (Fsp3) is 0.278. The predicted octanol–water partition coefficient (Wildman–Crippen LogP) is 2.94. The van der Waals surface area contributed by atoms with Crippen molar-refractivity contribution in [2.24, 2.45) is 5.73 Å². The minimum Gasteiger partial charge on any atom is -0.365 e. The van der Waals surface area contributed by atoms with E-state index in [2.05, 4.69) is 10.6 Å². The predicted molar refractivity (Wildman–Crippen MR) is 98.2 cm³/mol. The molecule has 0 bridgehead atoms. The molecule has 130 valence electrons. The smallest absolute Gasteiger partial charge is 0.256 e. The highest BCUT2D eigenvalue weighted by molar-refractivity contribution is 7.17. The summed E-state index contributed by atoms with van der Waals surface area (Å²) in [5.74, 6) is -1.06. The van der Waals surface area contributed by atoms with Gasteiger partial charge in [0.2, 0.25) is 5.91 Å². The van der Waals surface area contributed by atoms with Crippen molar-refractivity contribution >= 4 is 39.7 Å². The molecular formula is C18H19N3O3S. The van der Waals surface area contributed by atoms with Gasteiger partial charge in [0.15, 0.2) is 0 Å². The average Bonchev–Trinajstić information content (AvgIpc) is 2.92. The Balaban J connectivity index is 1.87. The number of thiophene rings is 1. The van der Waals surface area contributed by atoms with Crippen LogP contribution in [0.4, 0.5) is 10.7 Å². The summed E-state index contributed by atoms with van der Waals surface area (Å²) in [4.78, 5) is 36.7. The van der Waals surface area contributed by atoms with E-state index in [0.29, 0.717) is 21.8 Å². The van der Waals surface area contributed by atoms with Gasteiger partial charge in [0.25, 0.3) is 11.8 Å². The van der Waals surface area contributed by atoms with Gasteiger partial charge in [-0.15, -0.1) is 11.3 Å². The van der Waals surface area contributed by atoms with E-state index in [1.54, 1.807) is 24.3 Å². The summed E-state index contributed by atoms with van der Waals surface area (Å²) in [7, 11) is 0. The van der Waals surface area contributed by atoms with Gasteiger partial charge < -0.3 is 16.4 Å². The molecular weight excluding hydrogens is 338 g/mol. The Hall–Kier alpha value is -2.67. The van der Waals surface area contributed by atoms with Crippen molar-refractivity contribution in [2.45, 2.75) is 32.6 Å². The van der Waals surface area contributed by atoms with Crippen molar-refractivity contribution in [1.82, 2.24) is 0 Å². The van der Waals surface area contributed by atoms with Crippen molar-refractivity contribution in [3.8, 4) is 0 Å². The maximum Gasteiger partial charge on any atom is 0.256 e. The molecule has 1 aromatic carbocycles. The number of aryl methyl sites for hydroxylation is 1. The van der Waals surface area contributed by atoms with Crippen LogP contribution in [0.2, 0.25) is 0 Å². The molecule has 25 heavy (non-hydrogen) atoms. The zero-order valence-electron chi connectivity index (χ0n) is 13.8. The third kappa shape index (κ3) is 3.71. The number of rotatable bonds is 4. The highest BCUT2D eigenvalue weighted by Crippen LogP contribution is 2.38. The number of primary amides is 1. The van der Waals surface area contributed by atoms with Crippen LogP contribution < -0.4 is 16.4 Å². The Morgan fingerprint density at radius 2 is 1.88 bits per heavy atom. The largest absolute Gasteiger partial charge is 0.365 e. The molecule has 0 unspecified atom stereocenters. The van der Waals surface area contributed by atoms with Gasteiger partial charge >= 0.3 is 0 Å². The number of nitrogens with two attached hydrogens (primary N) is 1. The van der Waals surface area contributed by atoms with Crippen LogP contribution in [0.1, 0.15) is 50.9 Å². The molecule has 1 aliphatic rings. The summed E-state index contributed by atoms with van der Waals surface area (Å²) < 4.78 is 0. The van der Waals surface area contributed by atoms with Gasteiger partial charge in [0, 0.05) is 23.1 Å². The Labute approximate surface area is 149 Å². The van der Waals surface area contributed by atoms with E-state index < -0.39 is 5.91 Å². The molecule has 4 N–H and O–H groups in total. The molecule has 6 nitrogen and oxygen atoms in total. The lowest BCUT2D eigenvalue weighted by Gasteiger charge is -2.11. The number of anilines is 2. The molecule has 1 aliphatic carbocycles. The fourth-order valence-corrected chi connectivity index (χ4v) is 4.32. The van der Waals surface area contributed by atoms with Crippen LogP contribution in [0.25, 0.3) is 0 Å². The van der Waals surface area contributed by atoms with Gasteiger partial charge in [-0.3, -0.25) is 14.4 Å². The Morgan fingerprint density at radius 1 is 1.12 bits per heavy atom. The maximum atomic E-state index is 12.6. The van der Waals surface area contributed by atoms with E-state index in [1.807, 2.05) is 0 Å². The monoisotopic (exact) mass is 357 g/mol. The van der Waals surface area contributed by atoms with Crippen LogP contribution in [0.5, 0.6) is 0 Å². The molecule has 3 rings (SSSR count). The molecule has 7 heteroatoms. The molecule has 0 radical (unpaired) electrons. The van der Waals surface area contributed by atoms with Gasteiger partial charge in [-0.2, -0.15) is 0 Å². The summed E-state index contributed by atoms with van der Waals surface area (Å²) in [6.45, 7) is 1.40. The van der Waals surface area contributed by atoms with Gasteiger partial charge in [0.05, 0.1) is 5.56 Å². The highest BCUT2D eigenvalue weighted by Gasteiger charge is 2.25. The van der Waals surface area contributed by atoms with Crippen molar-refractivity contribution in [2.75, 3.05) is 10.6 Å². The normalized spacial score (nSPS) is 13.0. The standard InChI is InChI=1S/C18H19N3O3S/c1-10(22)20-12-6-4-5-11(9-12)17(24)21-18-15(16(19)23)13-7-2-3-8-14(13)25-18/h4-6,9H,2-3,7-8H2,1H3,(H2,19,23)(H,20,22)(H,21,24).